The second-order valence-electron chi connectivity index (χ2n) is 2.45. The van der Waals surface area contributed by atoms with Gasteiger partial charge in [-0.3, -0.25) is 4.79 Å². The van der Waals surface area contributed by atoms with Gasteiger partial charge in [-0.05, 0) is 28.1 Å². The van der Waals surface area contributed by atoms with Crippen molar-refractivity contribution in [2.75, 3.05) is 11.9 Å². The number of rotatable bonds is 0. The van der Waals surface area contributed by atoms with Gasteiger partial charge < -0.3 is 10.1 Å². The topological polar surface area (TPSA) is 38.3 Å². The summed E-state index contributed by atoms with van der Waals surface area (Å²) < 4.78 is 6.02. The van der Waals surface area contributed by atoms with Gasteiger partial charge in [-0.2, -0.15) is 0 Å². The van der Waals surface area contributed by atoms with Gasteiger partial charge in [-0.25, -0.2) is 0 Å². The van der Waals surface area contributed by atoms with Crippen molar-refractivity contribution in [3.63, 3.8) is 0 Å². The van der Waals surface area contributed by atoms with Gasteiger partial charge in [0.2, 0.25) is 0 Å². The van der Waals surface area contributed by atoms with Crippen molar-refractivity contribution in [2.24, 2.45) is 0 Å². The Morgan fingerprint density at radius 1 is 1.50 bits per heavy atom. The van der Waals surface area contributed by atoms with E-state index in [1.54, 1.807) is 0 Å². The van der Waals surface area contributed by atoms with Crippen molar-refractivity contribution in [2.45, 2.75) is 0 Å². The molecule has 0 aromatic heterocycles. The molecule has 1 aliphatic heterocycles. The Morgan fingerprint density at radius 3 is 3.17 bits per heavy atom. The Morgan fingerprint density at radius 2 is 2.33 bits per heavy atom. The summed E-state index contributed by atoms with van der Waals surface area (Å²) in [6.45, 7) is 0.101. The van der Waals surface area contributed by atoms with Crippen LogP contribution in [0.25, 0.3) is 0 Å². The van der Waals surface area contributed by atoms with Crippen LogP contribution in [0, 0.1) is 0 Å². The van der Waals surface area contributed by atoms with E-state index in [-0.39, 0.29) is 12.5 Å². The second kappa shape index (κ2) is 2.79. The van der Waals surface area contributed by atoms with Gasteiger partial charge in [0.1, 0.15) is 5.75 Å². The zero-order valence-electron chi connectivity index (χ0n) is 6.13. The highest BCUT2D eigenvalue weighted by Gasteiger charge is 2.17. The summed E-state index contributed by atoms with van der Waals surface area (Å²) in [6, 6.07) is 5.54. The number of para-hydroxylation sites is 1. The van der Waals surface area contributed by atoms with E-state index in [1.807, 2.05) is 18.2 Å². The molecule has 12 heavy (non-hydrogen) atoms. The zero-order valence-corrected chi connectivity index (χ0v) is 7.72. The fraction of sp³-hybridized carbons (Fsp3) is 0.125. The van der Waals surface area contributed by atoms with Crippen molar-refractivity contribution >= 4 is 27.5 Å². The minimum absolute atomic E-state index is 0.101. The van der Waals surface area contributed by atoms with E-state index in [0.29, 0.717) is 11.4 Å². The molecule has 3 nitrogen and oxygen atoms in total. The molecule has 0 atom stereocenters. The first-order valence-electron chi connectivity index (χ1n) is 3.48. The zero-order chi connectivity index (χ0) is 8.55. The summed E-state index contributed by atoms with van der Waals surface area (Å²) in [7, 11) is 0. The molecule has 1 aliphatic rings. The monoisotopic (exact) mass is 227 g/mol. The van der Waals surface area contributed by atoms with Crippen molar-refractivity contribution < 1.29 is 9.53 Å². The lowest BCUT2D eigenvalue weighted by Crippen LogP contribution is -2.25. The maximum Gasteiger partial charge on any atom is 0.262 e. The predicted molar refractivity (Wildman–Crippen MR) is 48.3 cm³/mol. The lowest BCUT2D eigenvalue weighted by atomic mass is 10.2. The van der Waals surface area contributed by atoms with E-state index >= 15 is 0 Å². The van der Waals surface area contributed by atoms with Crippen molar-refractivity contribution in [1.82, 2.24) is 0 Å². The van der Waals surface area contributed by atoms with Crippen LogP contribution in [0.2, 0.25) is 0 Å². The molecule has 0 saturated heterocycles. The lowest BCUT2D eigenvalue weighted by molar-refractivity contribution is -0.118. The summed E-state index contributed by atoms with van der Waals surface area (Å²) in [6.07, 6.45) is 0. The summed E-state index contributed by atoms with van der Waals surface area (Å²) in [4.78, 5) is 10.9. The van der Waals surface area contributed by atoms with Gasteiger partial charge in [0.05, 0.1) is 5.69 Å². The van der Waals surface area contributed by atoms with Crippen LogP contribution in [0.1, 0.15) is 0 Å². The predicted octanol–water partition coefficient (Wildman–Crippen LogP) is 1.78. The minimum Gasteiger partial charge on any atom is -0.482 e. The number of halogens is 1. The highest BCUT2D eigenvalue weighted by Crippen LogP contribution is 2.34. The molecule has 1 N–H and O–H groups in total. The first kappa shape index (κ1) is 7.61. The number of hydrogen-bond acceptors (Lipinski definition) is 2. The van der Waals surface area contributed by atoms with Crippen LogP contribution in [0.5, 0.6) is 5.75 Å². The highest BCUT2D eigenvalue weighted by molar-refractivity contribution is 9.10. The molecule has 1 amide bonds. The first-order valence-corrected chi connectivity index (χ1v) is 4.28. The van der Waals surface area contributed by atoms with Crippen LogP contribution in [-0.2, 0) is 4.79 Å². The summed E-state index contributed by atoms with van der Waals surface area (Å²) in [5.74, 6) is 0.596. The van der Waals surface area contributed by atoms with Gasteiger partial charge in [0.15, 0.2) is 6.61 Å². The Labute approximate surface area is 77.8 Å². The highest BCUT2D eigenvalue weighted by atomic mass is 79.9. The third-order valence-electron chi connectivity index (χ3n) is 1.60. The Balaban J connectivity index is 2.50. The van der Waals surface area contributed by atoms with Gasteiger partial charge in [-0.1, -0.05) is 6.07 Å². The smallest absolute Gasteiger partial charge is 0.262 e. The Bertz CT molecular complexity index is 338. The molecule has 2 rings (SSSR count). The molecule has 0 aliphatic carbocycles. The molecule has 0 bridgehead atoms. The van der Waals surface area contributed by atoms with Gasteiger partial charge >= 0.3 is 0 Å². The number of fused-ring (bicyclic) bond motifs is 1. The van der Waals surface area contributed by atoms with Crippen molar-refractivity contribution in [1.29, 1.82) is 0 Å². The molecule has 1 aromatic rings. The van der Waals surface area contributed by atoms with E-state index in [1.165, 1.54) is 0 Å². The standard InChI is InChI=1S/C8H6BrNO2/c9-5-2-1-3-6-8(5)10-7(11)4-12-6/h1-3H,4H2,(H,10,11). The number of benzene rings is 1. The van der Waals surface area contributed by atoms with Gasteiger partial charge in [-0.15, -0.1) is 0 Å². The first-order chi connectivity index (χ1) is 5.77. The number of nitrogens with one attached hydrogen (secondary N) is 1. The molecule has 1 aromatic carbocycles. The number of amides is 1. The van der Waals surface area contributed by atoms with Crippen LogP contribution in [0.4, 0.5) is 5.69 Å². The maximum atomic E-state index is 10.9. The van der Waals surface area contributed by atoms with Gasteiger partial charge in [0.25, 0.3) is 5.91 Å². The van der Waals surface area contributed by atoms with Crippen molar-refractivity contribution in [3.05, 3.63) is 22.7 Å². The quantitative estimate of drug-likeness (QED) is 0.734. The molecule has 62 valence electrons. The molecule has 0 fully saturated rings. The number of carbonyl (C=O) groups excluding carboxylic acids is 1. The van der Waals surface area contributed by atoms with Crippen LogP contribution in [-0.4, -0.2) is 12.5 Å². The van der Waals surface area contributed by atoms with E-state index in [0.717, 1.165) is 4.47 Å². The van der Waals surface area contributed by atoms with E-state index in [9.17, 15) is 4.79 Å². The van der Waals surface area contributed by atoms with Crippen molar-refractivity contribution in [3.8, 4) is 5.75 Å². The third kappa shape index (κ3) is 1.18. The normalized spacial score (nSPS) is 14.6. The Hall–Kier alpha value is -1.03. The third-order valence-corrected chi connectivity index (χ3v) is 2.26. The van der Waals surface area contributed by atoms with Crippen LogP contribution in [0.15, 0.2) is 22.7 Å². The number of hydrogen-bond donors (Lipinski definition) is 1. The van der Waals surface area contributed by atoms with Crippen LogP contribution < -0.4 is 10.1 Å². The van der Waals surface area contributed by atoms with E-state index < -0.39 is 0 Å². The summed E-state index contributed by atoms with van der Waals surface area (Å²) in [5, 5.41) is 2.72. The SMILES string of the molecule is O=C1COc2cccc(Br)c2N1. The molecule has 1 heterocycles. The average Bonchev–Trinajstić information content (AvgIpc) is 2.07. The number of ether oxygens (including phenoxy) is 1. The summed E-state index contributed by atoms with van der Waals surface area (Å²) in [5.41, 5.74) is 0.716. The molecule has 4 heteroatoms. The van der Waals surface area contributed by atoms with E-state index in [2.05, 4.69) is 21.2 Å². The number of carbonyl (C=O) groups is 1. The Kier molecular flexibility index (Phi) is 1.77. The molecular weight excluding hydrogens is 222 g/mol. The maximum absolute atomic E-state index is 10.9. The molecule has 0 saturated carbocycles. The molecule has 0 spiro atoms. The fourth-order valence-electron chi connectivity index (χ4n) is 1.06. The van der Waals surface area contributed by atoms with Gasteiger partial charge in [0, 0.05) is 4.47 Å². The lowest BCUT2D eigenvalue weighted by Gasteiger charge is -2.18. The van der Waals surface area contributed by atoms with Crippen LogP contribution in [0.3, 0.4) is 0 Å². The molecule has 0 radical (unpaired) electrons. The fourth-order valence-corrected chi connectivity index (χ4v) is 1.51. The average molecular weight is 228 g/mol. The number of anilines is 1. The minimum atomic E-state index is -0.116. The van der Waals surface area contributed by atoms with E-state index in [4.69, 9.17) is 4.74 Å². The molecule has 0 unspecified atom stereocenters. The second-order valence-corrected chi connectivity index (χ2v) is 3.30. The van der Waals surface area contributed by atoms with Crippen LogP contribution >= 0.6 is 15.9 Å². The largest absolute Gasteiger partial charge is 0.482 e. The molecular formula is C8H6BrNO2. The summed E-state index contributed by atoms with van der Waals surface area (Å²) >= 11 is 3.31.